The molecule has 1 fully saturated rings. The first-order valence-corrected chi connectivity index (χ1v) is 11.9. The average Bonchev–Trinajstić information content (AvgIpc) is 3.72. The van der Waals surface area contributed by atoms with E-state index in [9.17, 15) is 9.59 Å². The van der Waals surface area contributed by atoms with Gasteiger partial charge in [-0.05, 0) is 29.5 Å². The van der Waals surface area contributed by atoms with Crippen LogP contribution in [0.5, 0.6) is 5.75 Å². The summed E-state index contributed by atoms with van der Waals surface area (Å²) >= 11 is 0. The summed E-state index contributed by atoms with van der Waals surface area (Å²) in [5.74, 6) is 0.743. The molecule has 1 aliphatic rings. The second-order valence-electron chi connectivity index (χ2n) is 8.67. The fourth-order valence-corrected chi connectivity index (χ4v) is 4.54. The number of tetrazole rings is 1. The van der Waals surface area contributed by atoms with Gasteiger partial charge in [-0.3, -0.25) is 9.59 Å². The van der Waals surface area contributed by atoms with Crippen molar-refractivity contribution < 1.29 is 14.3 Å². The van der Waals surface area contributed by atoms with Gasteiger partial charge in [0.15, 0.2) is 5.82 Å². The first-order valence-electron chi connectivity index (χ1n) is 11.9. The van der Waals surface area contributed by atoms with Gasteiger partial charge in [0, 0.05) is 32.4 Å². The number of aryl methyl sites for hydroxylation is 1. The number of rotatable bonds is 6. The number of fused-ring (bicyclic) bond motifs is 1. The topological polar surface area (TPSA) is 153 Å². The van der Waals surface area contributed by atoms with Crippen LogP contribution in [0, 0.1) is 6.92 Å². The number of hydrogen-bond donors (Lipinski definition) is 1. The third kappa shape index (κ3) is 3.91. The van der Waals surface area contributed by atoms with Crippen LogP contribution in [0.1, 0.15) is 16.2 Å². The summed E-state index contributed by atoms with van der Waals surface area (Å²) in [7, 11) is 1.49. The lowest BCUT2D eigenvalue weighted by atomic mass is 10.1. The lowest BCUT2D eigenvalue weighted by molar-refractivity contribution is -0.126. The summed E-state index contributed by atoms with van der Waals surface area (Å²) in [5, 5.41) is 16.9. The molecule has 5 aromatic rings. The Labute approximate surface area is 215 Å². The van der Waals surface area contributed by atoms with Crippen molar-refractivity contribution in [2.45, 2.75) is 6.92 Å². The number of benzene rings is 1. The Bertz CT molecular complexity index is 1630. The van der Waals surface area contributed by atoms with Gasteiger partial charge in [0.05, 0.1) is 35.5 Å². The Balaban J connectivity index is 1.22. The van der Waals surface area contributed by atoms with E-state index in [4.69, 9.17) is 4.74 Å². The van der Waals surface area contributed by atoms with E-state index in [0.717, 1.165) is 5.69 Å². The Morgan fingerprint density at radius 2 is 1.84 bits per heavy atom. The lowest BCUT2D eigenvalue weighted by Gasteiger charge is -2.34. The quantitative estimate of drug-likeness (QED) is 0.257. The maximum Gasteiger partial charge on any atom is 0.295 e. The standard InChI is InChI=1S/C24H23N11O3/c1-15-27-14-34(29-15)22-20-19(18(38-2)13-26-22)17(12-25-20)21(36)23(37)32-8-10-33(11-9-32)24-28-30-31-35(24)16-6-4-3-5-7-16/h3-7,12-14,25H,8-11H2,1-2H3. The van der Waals surface area contributed by atoms with Gasteiger partial charge < -0.3 is 19.5 Å². The molecule has 0 bridgehead atoms. The molecule has 4 aromatic heterocycles. The summed E-state index contributed by atoms with van der Waals surface area (Å²) in [6, 6.07) is 9.58. The number of methoxy groups -OCH3 is 1. The van der Waals surface area contributed by atoms with Gasteiger partial charge in [0.2, 0.25) is 5.95 Å². The fourth-order valence-electron chi connectivity index (χ4n) is 4.54. The summed E-state index contributed by atoms with van der Waals surface area (Å²) in [4.78, 5) is 41.9. The van der Waals surface area contributed by atoms with Crippen molar-refractivity contribution in [3.8, 4) is 17.3 Å². The third-order valence-electron chi connectivity index (χ3n) is 6.44. The fraction of sp³-hybridized carbons (Fsp3) is 0.250. The molecule has 1 aromatic carbocycles. The van der Waals surface area contributed by atoms with Crippen LogP contribution in [0.4, 0.5) is 5.95 Å². The van der Waals surface area contributed by atoms with Gasteiger partial charge in [-0.25, -0.2) is 14.6 Å². The molecule has 192 valence electrons. The maximum absolute atomic E-state index is 13.4. The minimum absolute atomic E-state index is 0.206. The second kappa shape index (κ2) is 9.38. The van der Waals surface area contributed by atoms with Crippen molar-refractivity contribution in [2.24, 2.45) is 0 Å². The van der Waals surface area contributed by atoms with Crippen LogP contribution in [0.3, 0.4) is 0 Å². The zero-order valence-corrected chi connectivity index (χ0v) is 20.6. The third-order valence-corrected chi connectivity index (χ3v) is 6.44. The molecule has 0 aliphatic carbocycles. The number of nitrogens with zero attached hydrogens (tertiary/aromatic N) is 10. The van der Waals surface area contributed by atoms with Crippen LogP contribution in [-0.2, 0) is 4.79 Å². The van der Waals surface area contributed by atoms with Crippen LogP contribution in [-0.4, -0.2) is 94.8 Å². The number of nitrogens with one attached hydrogen (secondary N) is 1. The Hall–Kier alpha value is -5.14. The number of carbonyl (C=O) groups is 2. The van der Waals surface area contributed by atoms with Crippen molar-refractivity contribution in [1.82, 2.24) is 49.8 Å². The molecule has 14 heteroatoms. The van der Waals surface area contributed by atoms with E-state index in [1.807, 2.05) is 35.2 Å². The van der Waals surface area contributed by atoms with Gasteiger partial charge in [-0.15, -0.1) is 0 Å². The molecule has 0 unspecified atom stereocenters. The number of para-hydroxylation sites is 1. The predicted octanol–water partition coefficient (Wildman–Crippen LogP) is 0.968. The average molecular weight is 514 g/mol. The van der Waals surface area contributed by atoms with Gasteiger partial charge in [0.25, 0.3) is 11.7 Å². The minimum Gasteiger partial charge on any atom is -0.494 e. The number of carbonyl (C=O) groups excluding carboxylic acids is 2. The molecule has 1 N–H and O–H groups in total. The Kier molecular flexibility index (Phi) is 5.75. The van der Waals surface area contributed by atoms with Crippen LogP contribution >= 0.6 is 0 Å². The largest absolute Gasteiger partial charge is 0.494 e. The molecule has 5 heterocycles. The molecule has 0 saturated carbocycles. The molecule has 1 saturated heterocycles. The van der Waals surface area contributed by atoms with Gasteiger partial charge in [-0.1, -0.05) is 23.3 Å². The van der Waals surface area contributed by atoms with Gasteiger partial charge in [-0.2, -0.15) is 9.78 Å². The van der Waals surface area contributed by atoms with Crippen molar-refractivity contribution >= 4 is 28.5 Å². The number of hydrogen-bond acceptors (Lipinski definition) is 10. The van der Waals surface area contributed by atoms with Crippen molar-refractivity contribution in [2.75, 3.05) is 38.2 Å². The van der Waals surface area contributed by atoms with Crippen molar-refractivity contribution in [1.29, 1.82) is 0 Å². The molecule has 14 nitrogen and oxygen atoms in total. The Morgan fingerprint density at radius 1 is 1.05 bits per heavy atom. The number of pyridine rings is 1. The lowest BCUT2D eigenvalue weighted by Crippen LogP contribution is -2.51. The van der Waals surface area contributed by atoms with Crippen LogP contribution in [0.25, 0.3) is 22.4 Å². The maximum atomic E-state index is 13.4. The van der Waals surface area contributed by atoms with E-state index in [-0.39, 0.29) is 5.56 Å². The molecule has 1 amide bonds. The highest BCUT2D eigenvalue weighted by Crippen LogP contribution is 2.32. The van der Waals surface area contributed by atoms with E-state index in [0.29, 0.717) is 60.4 Å². The molecule has 1 aliphatic heterocycles. The Morgan fingerprint density at radius 3 is 2.55 bits per heavy atom. The molecular weight excluding hydrogens is 490 g/mol. The number of Topliss-reactive ketones (excluding diaryl/α,β-unsaturated/α-hetero) is 1. The van der Waals surface area contributed by atoms with Crippen LogP contribution in [0.2, 0.25) is 0 Å². The molecular formula is C24H23N11O3. The molecule has 38 heavy (non-hydrogen) atoms. The van der Waals surface area contributed by atoms with Gasteiger partial charge in [0.1, 0.15) is 17.9 Å². The van der Waals surface area contributed by atoms with Crippen LogP contribution < -0.4 is 9.64 Å². The van der Waals surface area contributed by atoms with E-state index < -0.39 is 11.7 Å². The first-order chi connectivity index (χ1) is 18.5. The van der Waals surface area contributed by atoms with E-state index >= 15 is 0 Å². The van der Waals surface area contributed by atoms with E-state index in [1.54, 1.807) is 16.5 Å². The van der Waals surface area contributed by atoms with Crippen LogP contribution in [0.15, 0.2) is 49.1 Å². The molecule has 0 atom stereocenters. The molecule has 0 radical (unpaired) electrons. The number of aromatic amines is 1. The SMILES string of the molecule is COc1cnc(-n2cnc(C)n2)c2[nH]cc(C(=O)C(=O)N3CCN(c4nnnn4-c4ccccc4)CC3)c12. The summed E-state index contributed by atoms with van der Waals surface area (Å²) in [6.07, 6.45) is 4.54. The smallest absolute Gasteiger partial charge is 0.295 e. The number of piperazine rings is 1. The number of ether oxygens (including phenoxy) is 1. The number of H-pyrrole nitrogens is 1. The minimum atomic E-state index is -0.635. The summed E-state index contributed by atoms with van der Waals surface area (Å²) in [6.45, 7) is 3.40. The van der Waals surface area contributed by atoms with Crippen molar-refractivity contribution in [3.05, 3.63) is 60.4 Å². The number of aromatic nitrogens is 9. The monoisotopic (exact) mass is 513 g/mol. The highest BCUT2D eigenvalue weighted by Gasteiger charge is 2.31. The highest BCUT2D eigenvalue weighted by molar-refractivity contribution is 6.45. The summed E-state index contributed by atoms with van der Waals surface area (Å²) in [5.41, 5.74) is 1.56. The predicted molar refractivity (Wildman–Crippen MR) is 135 cm³/mol. The number of ketones is 1. The zero-order valence-electron chi connectivity index (χ0n) is 20.6. The second-order valence-corrected chi connectivity index (χ2v) is 8.67. The van der Waals surface area contributed by atoms with E-state index in [2.05, 4.69) is 35.6 Å². The van der Waals surface area contributed by atoms with Gasteiger partial charge >= 0.3 is 0 Å². The normalized spacial score (nSPS) is 13.7. The van der Waals surface area contributed by atoms with E-state index in [1.165, 1.54) is 30.5 Å². The molecule has 0 spiro atoms. The number of anilines is 1. The number of amides is 1. The first kappa shape index (κ1) is 23.3. The van der Waals surface area contributed by atoms with Crippen molar-refractivity contribution in [3.63, 3.8) is 0 Å². The summed E-state index contributed by atoms with van der Waals surface area (Å²) < 4.78 is 8.63. The zero-order chi connectivity index (χ0) is 26.2. The highest BCUT2D eigenvalue weighted by atomic mass is 16.5. The molecule has 6 rings (SSSR count).